The van der Waals surface area contributed by atoms with Gasteiger partial charge in [0.15, 0.2) is 0 Å². The van der Waals surface area contributed by atoms with E-state index in [4.69, 9.17) is 0 Å². The lowest BCUT2D eigenvalue weighted by Gasteiger charge is -2.30. The number of carbonyl (C=O) groups excluding carboxylic acids is 1. The van der Waals surface area contributed by atoms with Crippen molar-refractivity contribution in [3.05, 3.63) is 33.8 Å². The van der Waals surface area contributed by atoms with Gasteiger partial charge in [0, 0.05) is 29.2 Å². The Bertz CT molecular complexity index is 475. The summed E-state index contributed by atoms with van der Waals surface area (Å²) in [7, 11) is 4.11. The number of nitrogens with zero attached hydrogens (tertiary/aromatic N) is 2. The minimum Gasteiger partial charge on any atom is -0.334 e. The van der Waals surface area contributed by atoms with E-state index < -0.39 is 0 Å². The summed E-state index contributed by atoms with van der Waals surface area (Å²) in [4.78, 5) is 17.2. The monoisotopic (exact) mass is 352 g/mol. The number of amides is 1. The molecule has 0 aromatic heterocycles. The Morgan fingerprint density at radius 1 is 1.19 bits per heavy atom. The molecular weight excluding hydrogens is 328 g/mol. The first-order valence-electron chi connectivity index (χ1n) is 7.70. The van der Waals surface area contributed by atoms with Gasteiger partial charge in [0.05, 0.1) is 0 Å². The largest absolute Gasteiger partial charge is 0.334 e. The van der Waals surface area contributed by atoms with Gasteiger partial charge in [-0.3, -0.25) is 4.79 Å². The van der Waals surface area contributed by atoms with Gasteiger partial charge in [-0.25, -0.2) is 0 Å². The fourth-order valence-electron chi connectivity index (χ4n) is 3.00. The Hall–Kier alpha value is -0.870. The van der Waals surface area contributed by atoms with Crippen molar-refractivity contribution in [1.82, 2.24) is 9.80 Å². The van der Waals surface area contributed by atoms with Gasteiger partial charge in [-0.2, -0.15) is 0 Å². The zero-order valence-corrected chi connectivity index (χ0v) is 14.8. The molecule has 0 heterocycles. The second kappa shape index (κ2) is 7.41. The summed E-state index contributed by atoms with van der Waals surface area (Å²) in [6.07, 6.45) is 4.78. The standard InChI is InChI=1S/C17H25BrN2O/c1-13-10-14(12-15(18)11-13)17(21)20(9-8-19(2)3)16-6-4-5-7-16/h10-12,16H,4-9H2,1-3H3. The molecule has 1 aliphatic rings. The highest BCUT2D eigenvalue weighted by molar-refractivity contribution is 9.10. The van der Waals surface area contributed by atoms with Crippen LogP contribution in [0.4, 0.5) is 0 Å². The number of hydrogen-bond acceptors (Lipinski definition) is 2. The van der Waals surface area contributed by atoms with Crippen molar-refractivity contribution < 1.29 is 4.79 Å². The molecule has 1 saturated carbocycles. The smallest absolute Gasteiger partial charge is 0.254 e. The number of hydrogen-bond donors (Lipinski definition) is 0. The molecule has 116 valence electrons. The third-order valence-electron chi connectivity index (χ3n) is 4.10. The summed E-state index contributed by atoms with van der Waals surface area (Å²) in [5.41, 5.74) is 1.92. The Morgan fingerprint density at radius 3 is 2.43 bits per heavy atom. The molecule has 1 aromatic carbocycles. The highest BCUT2D eigenvalue weighted by atomic mass is 79.9. The van der Waals surface area contributed by atoms with E-state index in [1.54, 1.807) is 0 Å². The average Bonchev–Trinajstić information content (AvgIpc) is 2.91. The first-order valence-corrected chi connectivity index (χ1v) is 8.49. The Balaban J connectivity index is 2.19. The van der Waals surface area contributed by atoms with Gasteiger partial charge in [0.1, 0.15) is 0 Å². The van der Waals surface area contributed by atoms with Crippen molar-refractivity contribution in [3.63, 3.8) is 0 Å². The van der Waals surface area contributed by atoms with E-state index in [2.05, 4.69) is 39.8 Å². The molecule has 0 aliphatic heterocycles. The number of likely N-dealkylation sites (N-methyl/N-ethyl adjacent to an activating group) is 1. The minimum absolute atomic E-state index is 0.174. The maximum atomic E-state index is 12.9. The predicted octanol–water partition coefficient (Wildman–Crippen LogP) is 3.70. The first-order chi connectivity index (χ1) is 9.97. The molecule has 4 heteroatoms. The lowest BCUT2D eigenvalue weighted by atomic mass is 10.1. The third-order valence-corrected chi connectivity index (χ3v) is 4.56. The molecule has 2 rings (SSSR count). The maximum Gasteiger partial charge on any atom is 0.254 e. The summed E-state index contributed by atoms with van der Waals surface area (Å²) in [6.45, 7) is 3.75. The molecule has 0 saturated heterocycles. The maximum absolute atomic E-state index is 12.9. The van der Waals surface area contributed by atoms with Gasteiger partial charge in [-0.05, 0) is 57.6 Å². The molecule has 3 nitrogen and oxygen atoms in total. The van der Waals surface area contributed by atoms with Crippen molar-refractivity contribution in [2.75, 3.05) is 27.2 Å². The van der Waals surface area contributed by atoms with Crippen LogP contribution in [-0.2, 0) is 0 Å². The quantitative estimate of drug-likeness (QED) is 0.806. The SMILES string of the molecule is Cc1cc(Br)cc(C(=O)N(CCN(C)C)C2CCCC2)c1. The van der Waals surface area contributed by atoms with E-state index >= 15 is 0 Å². The van der Waals surface area contributed by atoms with Crippen LogP contribution in [0.2, 0.25) is 0 Å². The van der Waals surface area contributed by atoms with Gasteiger partial charge in [-0.1, -0.05) is 28.8 Å². The zero-order chi connectivity index (χ0) is 15.4. The Labute approximate surface area is 136 Å². The van der Waals surface area contributed by atoms with Crippen LogP contribution in [0.3, 0.4) is 0 Å². The van der Waals surface area contributed by atoms with Gasteiger partial charge >= 0.3 is 0 Å². The fourth-order valence-corrected chi connectivity index (χ4v) is 3.61. The molecule has 21 heavy (non-hydrogen) atoms. The van der Waals surface area contributed by atoms with Crippen LogP contribution in [0.15, 0.2) is 22.7 Å². The number of aryl methyl sites for hydroxylation is 1. The van der Waals surface area contributed by atoms with Crippen LogP contribution in [-0.4, -0.2) is 48.9 Å². The normalized spacial score (nSPS) is 15.7. The molecule has 0 N–H and O–H groups in total. The Kier molecular flexibility index (Phi) is 5.82. The number of carbonyl (C=O) groups is 1. The van der Waals surface area contributed by atoms with E-state index in [1.165, 1.54) is 12.8 Å². The second-order valence-electron chi connectivity index (χ2n) is 6.26. The van der Waals surface area contributed by atoms with Gasteiger partial charge < -0.3 is 9.80 Å². The van der Waals surface area contributed by atoms with E-state index in [1.807, 2.05) is 25.1 Å². The zero-order valence-electron chi connectivity index (χ0n) is 13.2. The summed E-state index contributed by atoms with van der Waals surface area (Å²) >= 11 is 3.50. The van der Waals surface area contributed by atoms with Gasteiger partial charge in [-0.15, -0.1) is 0 Å². The summed E-state index contributed by atoms with van der Waals surface area (Å²) < 4.78 is 0.977. The number of halogens is 1. The van der Waals surface area contributed by atoms with Crippen molar-refractivity contribution in [2.24, 2.45) is 0 Å². The molecule has 1 fully saturated rings. The van der Waals surface area contributed by atoms with E-state index in [9.17, 15) is 4.79 Å². The summed E-state index contributed by atoms with van der Waals surface area (Å²) in [5.74, 6) is 0.174. The van der Waals surface area contributed by atoms with Crippen LogP contribution in [0, 0.1) is 6.92 Å². The van der Waals surface area contributed by atoms with Crippen LogP contribution < -0.4 is 0 Å². The van der Waals surface area contributed by atoms with Gasteiger partial charge in [0.25, 0.3) is 5.91 Å². The van der Waals surface area contributed by atoms with Crippen molar-refractivity contribution in [3.8, 4) is 0 Å². The fraction of sp³-hybridized carbons (Fsp3) is 0.588. The molecule has 0 bridgehead atoms. The molecule has 1 aliphatic carbocycles. The Morgan fingerprint density at radius 2 is 1.86 bits per heavy atom. The van der Waals surface area contributed by atoms with Crippen LogP contribution in [0.25, 0.3) is 0 Å². The predicted molar refractivity (Wildman–Crippen MR) is 90.7 cm³/mol. The van der Waals surface area contributed by atoms with Crippen LogP contribution in [0.5, 0.6) is 0 Å². The highest BCUT2D eigenvalue weighted by Crippen LogP contribution is 2.26. The van der Waals surface area contributed by atoms with E-state index in [-0.39, 0.29) is 5.91 Å². The molecular formula is C17H25BrN2O. The second-order valence-corrected chi connectivity index (χ2v) is 7.17. The van der Waals surface area contributed by atoms with Crippen LogP contribution >= 0.6 is 15.9 Å². The molecule has 0 atom stereocenters. The first kappa shape index (κ1) is 16.5. The van der Waals surface area contributed by atoms with Crippen LogP contribution in [0.1, 0.15) is 41.6 Å². The topological polar surface area (TPSA) is 23.6 Å². The number of benzene rings is 1. The van der Waals surface area contributed by atoms with E-state index in [0.29, 0.717) is 6.04 Å². The van der Waals surface area contributed by atoms with Crippen molar-refractivity contribution >= 4 is 21.8 Å². The third kappa shape index (κ3) is 4.55. The molecule has 0 unspecified atom stereocenters. The van der Waals surface area contributed by atoms with E-state index in [0.717, 1.165) is 41.5 Å². The summed E-state index contributed by atoms with van der Waals surface area (Å²) in [5, 5.41) is 0. The lowest BCUT2D eigenvalue weighted by molar-refractivity contribution is 0.0667. The van der Waals surface area contributed by atoms with Gasteiger partial charge in [0.2, 0.25) is 0 Å². The van der Waals surface area contributed by atoms with Crippen molar-refractivity contribution in [1.29, 1.82) is 0 Å². The molecule has 0 radical (unpaired) electrons. The average molecular weight is 353 g/mol. The summed E-state index contributed by atoms with van der Waals surface area (Å²) in [6, 6.07) is 6.38. The van der Waals surface area contributed by atoms with Crippen molar-refractivity contribution in [2.45, 2.75) is 38.6 Å². The molecule has 1 aromatic rings. The lowest BCUT2D eigenvalue weighted by Crippen LogP contribution is -2.42. The minimum atomic E-state index is 0.174. The molecule has 1 amide bonds. The highest BCUT2D eigenvalue weighted by Gasteiger charge is 2.27. The number of rotatable bonds is 5. The molecule has 0 spiro atoms.